The zero-order chi connectivity index (χ0) is 10.3. The first kappa shape index (κ1) is 11.3. The van der Waals surface area contributed by atoms with Crippen LogP contribution < -0.4 is 21.3 Å². The standard InChI is InChI=1S/C11H24N4/c1-2-10-8-13-6-4-12-5-7-14-9-11(3-1)15-10/h10-15H,1-9H2. The molecule has 4 heteroatoms. The predicted octanol–water partition coefficient (Wildman–Crippen LogP) is -0.720. The van der Waals surface area contributed by atoms with Crippen LogP contribution in [-0.4, -0.2) is 51.4 Å². The van der Waals surface area contributed by atoms with Gasteiger partial charge in [0.05, 0.1) is 0 Å². The van der Waals surface area contributed by atoms with Crippen LogP contribution in [0.1, 0.15) is 19.3 Å². The highest BCUT2D eigenvalue weighted by Crippen LogP contribution is 2.11. The maximum Gasteiger partial charge on any atom is 0.0195 e. The van der Waals surface area contributed by atoms with Gasteiger partial charge in [-0.2, -0.15) is 0 Å². The van der Waals surface area contributed by atoms with Crippen molar-refractivity contribution < 1.29 is 0 Å². The summed E-state index contributed by atoms with van der Waals surface area (Å²) in [5.74, 6) is 0. The number of hydrogen-bond donors (Lipinski definition) is 4. The minimum Gasteiger partial charge on any atom is -0.314 e. The molecule has 0 spiro atoms. The molecule has 88 valence electrons. The predicted molar refractivity (Wildman–Crippen MR) is 63.2 cm³/mol. The summed E-state index contributed by atoms with van der Waals surface area (Å²) in [5, 5.41) is 14.2. The van der Waals surface area contributed by atoms with E-state index in [9.17, 15) is 0 Å². The Bertz CT molecular complexity index is 158. The van der Waals surface area contributed by atoms with Gasteiger partial charge in [0.1, 0.15) is 0 Å². The number of piperidine rings is 1. The maximum atomic E-state index is 3.73. The molecule has 0 amide bonds. The summed E-state index contributed by atoms with van der Waals surface area (Å²) in [4.78, 5) is 0. The third-order valence-corrected chi connectivity index (χ3v) is 3.32. The summed E-state index contributed by atoms with van der Waals surface area (Å²) in [6.07, 6.45) is 4.04. The number of hydrogen-bond acceptors (Lipinski definition) is 4. The Morgan fingerprint density at radius 1 is 0.667 bits per heavy atom. The van der Waals surface area contributed by atoms with Crippen LogP contribution in [0.5, 0.6) is 0 Å². The molecule has 0 aliphatic carbocycles. The summed E-state index contributed by atoms with van der Waals surface area (Å²) in [5.41, 5.74) is 0. The Hall–Kier alpha value is -0.160. The Labute approximate surface area is 92.6 Å². The van der Waals surface area contributed by atoms with Gasteiger partial charge in [0.25, 0.3) is 0 Å². The molecular weight excluding hydrogens is 188 g/mol. The van der Waals surface area contributed by atoms with E-state index in [1.165, 1.54) is 19.3 Å². The Balaban J connectivity index is 1.78. The average Bonchev–Trinajstić information content (AvgIpc) is 2.26. The van der Waals surface area contributed by atoms with Crippen molar-refractivity contribution in [2.24, 2.45) is 0 Å². The smallest absolute Gasteiger partial charge is 0.0195 e. The first-order valence-corrected chi connectivity index (χ1v) is 6.33. The molecule has 2 heterocycles. The van der Waals surface area contributed by atoms with Gasteiger partial charge < -0.3 is 21.3 Å². The maximum absolute atomic E-state index is 3.73. The van der Waals surface area contributed by atoms with E-state index in [-0.39, 0.29) is 0 Å². The van der Waals surface area contributed by atoms with Crippen molar-refractivity contribution in [3.8, 4) is 0 Å². The highest BCUT2D eigenvalue weighted by Gasteiger charge is 2.20. The van der Waals surface area contributed by atoms with E-state index in [4.69, 9.17) is 0 Å². The van der Waals surface area contributed by atoms with Crippen LogP contribution in [0.4, 0.5) is 0 Å². The van der Waals surface area contributed by atoms with Crippen LogP contribution >= 0.6 is 0 Å². The van der Waals surface area contributed by atoms with Crippen molar-refractivity contribution in [1.82, 2.24) is 21.3 Å². The molecule has 2 unspecified atom stereocenters. The molecular formula is C11H24N4. The van der Waals surface area contributed by atoms with Crippen LogP contribution in [0, 0.1) is 0 Å². The van der Waals surface area contributed by atoms with E-state index in [1.807, 2.05) is 0 Å². The molecule has 0 aromatic rings. The van der Waals surface area contributed by atoms with Crippen LogP contribution in [0.3, 0.4) is 0 Å². The van der Waals surface area contributed by atoms with Gasteiger partial charge in [0, 0.05) is 51.4 Å². The summed E-state index contributed by atoms with van der Waals surface area (Å²) >= 11 is 0. The number of rotatable bonds is 0. The van der Waals surface area contributed by atoms with Gasteiger partial charge in [-0.05, 0) is 12.8 Å². The Morgan fingerprint density at radius 3 is 1.80 bits per heavy atom. The van der Waals surface area contributed by atoms with Gasteiger partial charge in [-0.15, -0.1) is 0 Å². The van der Waals surface area contributed by atoms with Crippen molar-refractivity contribution in [3.05, 3.63) is 0 Å². The van der Waals surface area contributed by atoms with E-state index in [2.05, 4.69) is 21.3 Å². The van der Waals surface area contributed by atoms with E-state index >= 15 is 0 Å². The fourth-order valence-corrected chi connectivity index (χ4v) is 2.46. The van der Waals surface area contributed by atoms with Gasteiger partial charge >= 0.3 is 0 Å². The SMILES string of the molecule is C1CC2CNCCNCCNCC(C1)N2. The number of fused-ring (bicyclic) bond motifs is 2. The third kappa shape index (κ3) is 4.07. The zero-order valence-corrected chi connectivity index (χ0v) is 9.52. The fourth-order valence-electron chi connectivity index (χ4n) is 2.46. The van der Waals surface area contributed by atoms with E-state index < -0.39 is 0 Å². The molecule has 0 saturated carbocycles. The highest BCUT2D eigenvalue weighted by molar-refractivity contribution is 4.83. The molecule has 4 nitrogen and oxygen atoms in total. The van der Waals surface area contributed by atoms with Gasteiger partial charge in [-0.3, -0.25) is 0 Å². The quantitative estimate of drug-likeness (QED) is 0.428. The highest BCUT2D eigenvalue weighted by atomic mass is 15.1. The number of nitrogens with one attached hydrogen (secondary N) is 4. The molecule has 4 N–H and O–H groups in total. The molecule has 2 atom stereocenters. The molecule has 0 radical (unpaired) electrons. The molecule has 0 aromatic heterocycles. The first-order chi connectivity index (χ1) is 7.45. The molecule has 2 fully saturated rings. The van der Waals surface area contributed by atoms with Crippen molar-refractivity contribution in [3.63, 3.8) is 0 Å². The Morgan fingerprint density at radius 2 is 1.20 bits per heavy atom. The van der Waals surface area contributed by atoms with Crippen molar-refractivity contribution >= 4 is 0 Å². The van der Waals surface area contributed by atoms with Crippen LogP contribution in [-0.2, 0) is 0 Å². The lowest BCUT2D eigenvalue weighted by Gasteiger charge is -2.32. The second kappa shape index (κ2) is 6.43. The van der Waals surface area contributed by atoms with Crippen molar-refractivity contribution in [2.75, 3.05) is 39.3 Å². The molecule has 2 rings (SSSR count). The van der Waals surface area contributed by atoms with E-state index in [0.717, 1.165) is 39.3 Å². The third-order valence-electron chi connectivity index (χ3n) is 3.32. The van der Waals surface area contributed by atoms with E-state index in [1.54, 1.807) is 0 Å². The zero-order valence-electron chi connectivity index (χ0n) is 9.52. The second-order valence-electron chi connectivity index (χ2n) is 4.65. The summed E-state index contributed by atoms with van der Waals surface area (Å²) in [6.45, 7) is 6.58. The molecule has 2 aliphatic heterocycles. The molecule has 2 saturated heterocycles. The van der Waals surface area contributed by atoms with Crippen LogP contribution in [0.2, 0.25) is 0 Å². The van der Waals surface area contributed by atoms with E-state index in [0.29, 0.717) is 12.1 Å². The second-order valence-corrected chi connectivity index (χ2v) is 4.65. The molecule has 15 heavy (non-hydrogen) atoms. The van der Waals surface area contributed by atoms with Gasteiger partial charge in [0.2, 0.25) is 0 Å². The first-order valence-electron chi connectivity index (χ1n) is 6.33. The lowest BCUT2D eigenvalue weighted by atomic mass is 9.98. The Kier molecular flexibility index (Phi) is 4.86. The molecule has 2 aliphatic rings. The summed E-state index contributed by atoms with van der Waals surface area (Å²) < 4.78 is 0. The van der Waals surface area contributed by atoms with Crippen LogP contribution in [0.25, 0.3) is 0 Å². The lowest BCUT2D eigenvalue weighted by molar-refractivity contribution is 0.300. The van der Waals surface area contributed by atoms with Gasteiger partial charge in [-0.25, -0.2) is 0 Å². The average molecular weight is 212 g/mol. The molecule has 2 bridgehead atoms. The molecule has 0 aromatic carbocycles. The van der Waals surface area contributed by atoms with Crippen molar-refractivity contribution in [1.29, 1.82) is 0 Å². The largest absolute Gasteiger partial charge is 0.314 e. The topological polar surface area (TPSA) is 48.1 Å². The minimum atomic E-state index is 0.685. The summed E-state index contributed by atoms with van der Waals surface area (Å²) in [6, 6.07) is 1.37. The summed E-state index contributed by atoms with van der Waals surface area (Å²) in [7, 11) is 0. The fraction of sp³-hybridized carbons (Fsp3) is 1.00. The minimum absolute atomic E-state index is 0.685. The van der Waals surface area contributed by atoms with Gasteiger partial charge in [-0.1, -0.05) is 6.42 Å². The van der Waals surface area contributed by atoms with Gasteiger partial charge in [0.15, 0.2) is 0 Å². The monoisotopic (exact) mass is 212 g/mol. The van der Waals surface area contributed by atoms with Crippen molar-refractivity contribution in [2.45, 2.75) is 31.3 Å². The normalized spacial score (nSPS) is 35.2. The van der Waals surface area contributed by atoms with Crippen LogP contribution in [0.15, 0.2) is 0 Å². The lowest BCUT2D eigenvalue weighted by Crippen LogP contribution is -2.52.